The van der Waals surface area contributed by atoms with Gasteiger partial charge in [-0.3, -0.25) is 0 Å². The average Bonchev–Trinajstić information content (AvgIpc) is 2.71. The van der Waals surface area contributed by atoms with Gasteiger partial charge in [-0.05, 0) is 30.5 Å². The van der Waals surface area contributed by atoms with Crippen LogP contribution in [0, 0.1) is 6.92 Å². The summed E-state index contributed by atoms with van der Waals surface area (Å²) in [6, 6.07) is 8.47. The number of hydrogen-bond donors (Lipinski definition) is 1. The summed E-state index contributed by atoms with van der Waals surface area (Å²) in [7, 11) is 0. The Bertz CT molecular complexity index is 347. The molecule has 0 unspecified atom stereocenters. The van der Waals surface area contributed by atoms with Crippen molar-refractivity contribution in [1.82, 2.24) is 4.98 Å². The van der Waals surface area contributed by atoms with E-state index in [0.717, 1.165) is 0 Å². The largest absolute Gasteiger partial charge is 0.361 e. The van der Waals surface area contributed by atoms with Crippen molar-refractivity contribution in [3.05, 3.63) is 36.0 Å². The van der Waals surface area contributed by atoms with Crippen molar-refractivity contribution < 1.29 is 0 Å². The second-order valence-electron chi connectivity index (χ2n) is 2.57. The van der Waals surface area contributed by atoms with Crippen LogP contribution < -0.4 is 0 Å². The minimum Gasteiger partial charge on any atom is -0.361 e. The molecule has 0 saturated heterocycles. The Morgan fingerprint density at radius 3 is 2.13 bits per heavy atom. The van der Waals surface area contributed by atoms with Gasteiger partial charge in [0.15, 0.2) is 0 Å². The van der Waals surface area contributed by atoms with Crippen LogP contribution in [0.1, 0.15) is 40.7 Å². The molecule has 0 atom stereocenters. The van der Waals surface area contributed by atoms with Crippen molar-refractivity contribution in [3.8, 4) is 0 Å². The Kier molecular flexibility index (Phi) is 10.1. The molecule has 1 heteroatoms. The van der Waals surface area contributed by atoms with E-state index in [4.69, 9.17) is 0 Å². The van der Waals surface area contributed by atoms with Crippen molar-refractivity contribution in [2.75, 3.05) is 0 Å². The third kappa shape index (κ3) is 4.68. The van der Waals surface area contributed by atoms with E-state index in [0.29, 0.717) is 0 Å². The molecule has 1 nitrogen and oxygen atoms in total. The normalized spacial score (nSPS) is 7.80. The Morgan fingerprint density at radius 1 is 0.933 bits per heavy atom. The molecule has 1 heterocycles. The van der Waals surface area contributed by atoms with Crippen LogP contribution in [0.5, 0.6) is 0 Å². The smallest absolute Gasteiger partial charge is 0.0454 e. The topological polar surface area (TPSA) is 15.8 Å². The zero-order valence-electron chi connectivity index (χ0n) is 9.89. The lowest BCUT2D eigenvalue weighted by Crippen LogP contribution is -1.69. The zero-order chi connectivity index (χ0) is 11.0. The average molecular weight is 207 g/mol. The van der Waals surface area contributed by atoms with Crippen LogP contribution in [0.25, 0.3) is 10.9 Å². The highest BCUT2D eigenvalue weighted by Crippen LogP contribution is 2.12. The molecule has 0 amide bonds. The zero-order valence-corrected chi connectivity index (χ0v) is 9.89. The number of rotatable bonds is 0. The fourth-order valence-corrected chi connectivity index (χ4v) is 1.17. The van der Waals surface area contributed by atoms with Crippen LogP contribution in [0.15, 0.2) is 30.5 Å². The van der Waals surface area contributed by atoms with Gasteiger partial charge in [-0.1, -0.05) is 46.8 Å². The Morgan fingerprint density at radius 2 is 1.53 bits per heavy atom. The molecule has 0 bridgehead atoms. The second-order valence-corrected chi connectivity index (χ2v) is 2.57. The quantitative estimate of drug-likeness (QED) is 0.613. The standard InChI is InChI=1S/C9H9N.2C2H6.CH4/c1-7-2-3-9-8(6-7)4-5-10-9;2*1-2;/h2-6,10H,1H3;2*1-2H3;1H4. The van der Waals surface area contributed by atoms with Crippen molar-refractivity contribution in [2.24, 2.45) is 0 Å². The van der Waals surface area contributed by atoms with Crippen molar-refractivity contribution in [1.29, 1.82) is 0 Å². The fraction of sp³-hybridized carbons (Fsp3) is 0.429. The van der Waals surface area contributed by atoms with E-state index in [1.54, 1.807) is 0 Å². The number of benzene rings is 1. The van der Waals surface area contributed by atoms with Crippen molar-refractivity contribution in [2.45, 2.75) is 42.0 Å². The van der Waals surface area contributed by atoms with E-state index >= 15 is 0 Å². The number of aryl methyl sites for hydroxylation is 1. The maximum absolute atomic E-state index is 3.15. The highest BCUT2D eigenvalue weighted by Gasteiger charge is 1.90. The van der Waals surface area contributed by atoms with Gasteiger partial charge >= 0.3 is 0 Å². The van der Waals surface area contributed by atoms with Gasteiger partial charge in [0.2, 0.25) is 0 Å². The Hall–Kier alpha value is -1.24. The molecule has 1 aromatic heterocycles. The van der Waals surface area contributed by atoms with Gasteiger partial charge in [0, 0.05) is 11.7 Å². The predicted molar refractivity (Wildman–Crippen MR) is 72.5 cm³/mol. The molecule has 2 aromatic rings. The number of aromatic amines is 1. The molecule has 1 aromatic carbocycles. The van der Waals surface area contributed by atoms with Gasteiger partial charge in [-0.25, -0.2) is 0 Å². The molecule has 0 aliphatic heterocycles. The molecule has 0 aliphatic rings. The van der Waals surface area contributed by atoms with Gasteiger partial charge in [0.05, 0.1) is 0 Å². The Balaban J connectivity index is 0. The maximum atomic E-state index is 3.15. The SMILES string of the molecule is C.CC.CC.Cc1ccc2[nH]ccc2c1. The summed E-state index contributed by atoms with van der Waals surface area (Å²) in [4.78, 5) is 3.15. The summed E-state index contributed by atoms with van der Waals surface area (Å²) in [5, 5.41) is 1.29. The monoisotopic (exact) mass is 207 g/mol. The van der Waals surface area contributed by atoms with E-state index < -0.39 is 0 Å². The van der Waals surface area contributed by atoms with E-state index in [-0.39, 0.29) is 7.43 Å². The molecule has 0 fully saturated rings. The first-order valence-electron chi connectivity index (χ1n) is 5.40. The van der Waals surface area contributed by atoms with Gasteiger partial charge in [-0.2, -0.15) is 0 Å². The van der Waals surface area contributed by atoms with Crippen molar-refractivity contribution in [3.63, 3.8) is 0 Å². The number of H-pyrrole nitrogens is 1. The highest BCUT2D eigenvalue weighted by molar-refractivity contribution is 5.79. The minimum absolute atomic E-state index is 0. The number of fused-ring (bicyclic) bond motifs is 1. The summed E-state index contributed by atoms with van der Waals surface area (Å²) in [5.41, 5.74) is 2.53. The third-order valence-electron chi connectivity index (χ3n) is 1.71. The first-order valence-corrected chi connectivity index (χ1v) is 5.40. The molecular formula is C14H25N. The number of nitrogens with one attached hydrogen (secondary N) is 1. The third-order valence-corrected chi connectivity index (χ3v) is 1.71. The van der Waals surface area contributed by atoms with Gasteiger partial charge in [0.1, 0.15) is 0 Å². The van der Waals surface area contributed by atoms with Crippen LogP contribution in [0.4, 0.5) is 0 Å². The molecule has 15 heavy (non-hydrogen) atoms. The van der Waals surface area contributed by atoms with E-state index in [2.05, 4.69) is 36.2 Å². The van der Waals surface area contributed by atoms with E-state index in [9.17, 15) is 0 Å². The molecular weight excluding hydrogens is 182 g/mol. The van der Waals surface area contributed by atoms with Gasteiger partial charge in [-0.15, -0.1) is 0 Å². The number of aromatic nitrogens is 1. The summed E-state index contributed by atoms with van der Waals surface area (Å²) in [5.74, 6) is 0. The first-order chi connectivity index (χ1) is 6.86. The fourth-order valence-electron chi connectivity index (χ4n) is 1.17. The summed E-state index contributed by atoms with van der Waals surface area (Å²) in [6.45, 7) is 10.1. The summed E-state index contributed by atoms with van der Waals surface area (Å²) >= 11 is 0. The maximum Gasteiger partial charge on any atom is 0.0454 e. The van der Waals surface area contributed by atoms with Gasteiger partial charge in [0.25, 0.3) is 0 Å². The lowest BCUT2D eigenvalue weighted by Gasteiger charge is -1.90. The lowest BCUT2D eigenvalue weighted by molar-refractivity contribution is 1.46. The second kappa shape index (κ2) is 9.32. The van der Waals surface area contributed by atoms with E-state index in [1.165, 1.54) is 16.5 Å². The van der Waals surface area contributed by atoms with Crippen LogP contribution >= 0.6 is 0 Å². The van der Waals surface area contributed by atoms with Crippen LogP contribution in [-0.4, -0.2) is 4.98 Å². The lowest BCUT2D eigenvalue weighted by atomic mass is 10.2. The van der Waals surface area contributed by atoms with Crippen molar-refractivity contribution >= 4 is 10.9 Å². The molecule has 0 saturated carbocycles. The predicted octanol–water partition coefficient (Wildman–Crippen LogP) is 5.16. The highest BCUT2D eigenvalue weighted by atomic mass is 14.7. The Labute approximate surface area is 94.5 Å². The molecule has 86 valence electrons. The molecule has 2 rings (SSSR count). The number of hydrogen-bond acceptors (Lipinski definition) is 0. The molecule has 0 radical (unpaired) electrons. The minimum atomic E-state index is 0. The van der Waals surface area contributed by atoms with E-state index in [1.807, 2.05) is 33.9 Å². The summed E-state index contributed by atoms with van der Waals surface area (Å²) in [6.07, 6.45) is 1.96. The molecule has 1 N–H and O–H groups in total. The first kappa shape index (κ1) is 16.2. The molecule has 0 aliphatic carbocycles. The van der Waals surface area contributed by atoms with Crippen LogP contribution in [0.2, 0.25) is 0 Å². The van der Waals surface area contributed by atoms with Crippen LogP contribution in [-0.2, 0) is 0 Å². The van der Waals surface area contributed by atoms with Crippen LogP contribution in [0.3, 0.4) is 0 Å². The molecule has 0 spiro atoms. The summed E-state index contributed by atoms with van der Waals surface area (Å²) < 4.78 is 0. The van der Waals surface area contributed by atoms with Gasteiger partial charge < -0.3 is 4.98 Å².